The molecule has 10 heteroatoms. The molecule has 2 unspecified atom stereocenters. The van der Waals surface area contributed by atoms with E-state index in [1.807, 2.05) is 21.1 Å². The number of unbranched alkanes of at least 4 members (excludes halogenated alkanes) is 38. The molecule has 0 saturated heterocycles. The van der Waals surface area contributed by atoms with Crippen molar-refractivity contribution in [2.75, 3.05) is 47.5 Å². The molecule has 0 aromatic carbocycles. The van der Waals surface area contributed by atoms with E-state index < -0.39 is 26.5 Å². The summed E-state index contributed by atoms with van der Waals surface area (Å²) >= 11 is 0. The van der Waals surface area contributed by atoms with Gasteiger partial charge in [-0.25, -0.2) is 4.57 Å². The Labute approximate surface area is 397 Å². The van der Waals surface area contributed by atoms with Gasteiger partial charge in [0, 0.05) is 12.8 Å². The Bertz CT molecular complexity index is 1050. The van der Waals surface area contributed by atoms with E-state index in [2.05, 4.69) is 13.8 Å². The highest BCUT2D eigenvalue weighted by atomic mass is 31.2. The van der Waals surface area contributed by atoms with Crippen LogP contribution in [0.5, 0.6) is 0 Å². The summed E-state index contributed by atoms with van der Waals surface area (Å²) in [5.41, 5.74) is 0. The molecule has 0 aromatic rings. The minimum absolute atomic E-state index is 0.0366. The number of quaternary nitrogens is 1. The second kappa shape index (κ2) is 47.1. The minimum Gasteiger partial charge on any atom is -0.462 e. The molecule has 0 saturated carbocycles. The molecular weight excluding hydrogens is 822 g/mol. The fourth-order valence-electron chi connectivity index (χ4n) is 8.31. The van der Waals surface area contributed by atoms with Crippen molar-refractivity contribution < 1.29 is 42.1 Å². The van der Waals surface area contributed by atoms with Gasteiger partial charge in [-0.3, -0.25) is 18.6 Å². The Hall–Kier alpha value is -0.990. The van der Waals surface area contributed by atoms with Crippen LogP contribution in [0.25, 0.3) is 0 Å². The standard InChI is InChI=1S/C54H108NO8P/c1-6-8-10-12-14-15-16-17-18-19-20-21-22-23-24-25-26-27-28-29-30-31-32-33-34-35-36-37-38-39-41-43-45-47-54(57)63-52(51-62-64(58,59)61-49-48-55(3,4)5)50-60-53(56)46-44-42-40-13-11-9-7-2/h52H,6-51H2,1-5H3/p+1. The zero-order valence-corrected chi connectivity index (χ0v) is 44.2. The monoisotopic (exact) mass is 931 g/mol. The lowest BCUT2D eigenvalue weighted by Crippen LogP contribution is -2.37. The number of carbonyl (C=O) groups is 2. The van der Waals surface area contributed by atoms with E-state index >= 15 is 0 Å². The van der Waals surface area contributed by atoms with Gasteiger partial charge in [-0.05, 0) is 12.8 Å². The smallest absolute Gasteiger partial charge is 0.462 e. The Balaban J connectivity index is 3.82. The third-order valence-electron chi connectivity index (χ3n) is 12.6. The second-order valence-electron chi connectivity index (χ2n) is 20.3. The number of esters is 2. The normalized spacial score (nSPS) is 13.3. The molecule has 0 aliphatic carbocycles. The Morgan fingerprint density at radius 3 is 1.00 bits per heavy atom. The number of hydrogen-bond donors (Lipinski definition) is 1. The van der Waals surface area contributed by atoms with Crippen molar-refractivity contribution in [2.45, 2.75) is 290 Å². The third-order valence-corrected chi connectivity index (χ3v) is 13.6. The van der Waals surface area contributed by atoms with Crippen LogP contribution >= 0.6 is 7.82 Å². The highest BCUT2D eigenvalue weighted by Crippen LogP contribution is 2.43. The fourth-order valence-corrected chi connectivity index (χ4v) is 9.05. The van der Waals surface area contributed by atoms with E-state index in [1.165, 1.54) is 218 Å². The van der Waals surface area contributed by atoms with Crippen molar-refractivity contribution in [1.82, 2.24) is 0 Å². The topological polar surface area (TPSA) is 108 Å². The molecule has 0 spiro atoms. The zero-order chi connectivity index (χ0) is 47.1. The van der Waals surface area contributed by atoms with Crippen molar-refractivity contribution in [3.8, 4) is 0 Å². The van der Waals surface area contributed by atoms with Crippen molar-refractivity contribution in [2.24, 2.45) is 0 Å². The van der Waals surface area contributed by atoms with Gasteiger partial charge < -0.3 is 18.9 Å². The summed E-state index contributed by atoms with van der Waals surface area (Å²) in [6, 6.07) is 0. The SMILES string of the molecule is CCCCCCCCCCCCCCCCCCCCCCCCCCCCCCCCCCCC(=O)OC(COC(=O)CCCCCCCCC)COP(=O)(O)OCC[N+](C)(C)C. The van der Waals surface area contributed by atoms with Crippen LogP contribution in [0.15, 0.2) is 0 Å². The lowest BCUT2D eigenvalue weighted by Gasteiger charge is -2.24. The number of likely N-dealkylation sites (N-methyl/N-ethyl adjacent to an activating group) is 1. The number of phosphoric ester groups is 1. The molecule has 0 fully saturated rings. The van der Waals surface area contributed by atoms with Crippen LogP contribution in [0, 0.1) is 0 Å². The summed E-state index contributed by atoms with van der Waals surface area (Å²) < 4.78 is 34.3. The van der Waals surface area contributed by atoms with Gasteiger partial charge in [-0.15, -0.1) is 0 Å². The largest absolute Gasteiger partial charge is 0.472 e. The first-order valence-electron chi connectivity index (χ1n) is 27.8. The first-order chi connectivity index (χ1) is 31.0. The first-order valence-corrected chi connectivity index (χ1v) is 29.3. The molecule has 0 heterocycles. The molecule has 1 N–H and O–H groups in total. The molecule has 0 radical (unpaired) electrons. The van der Waals surface area contributed by atoms with Crippen LogP contribution in [0.2, 0.25) is 0 Å². The minimum atomic E-state index is -4.36. The van der Waals surface area contributed by atoms with Crippen molar-refractivity contribution in [1.29, 1.82) is 0 Å². The first kappa shape index (κ1) is 63.0. The average molecular weight is 931 g/mol. The molecular formula is C54H109NO8P+. The number of nitrogens with zero attached hydrogens (tertiary/aromatic N) is 1. The van der Waals surface area contributed by atoms with Crippen molar-refractivity contribution in [3.63, 3.8) is 0 Å². The molecule has 0 rings (SSSR count). The van der Waals surface area contributed by atoms with E-state index in [0.29, 0.717) is 17.4 Å². The number of phosphoric acid groups is 1. The van der Waals surface area contributed by atoms with Gasteiger partial charge in [0.15, 0.2) is 6.10 Å². The number of ether oxygens (including phenoxy) is 2. The van der Waals surface area contributed by atoms with Gasteiger partial charge in [0.1, 0.15) is 19.8 Å². The van der Waals surface area contributed by atoms with E-state index in [-0.39, 0.29) is 25.6 Å². The maximum atomic E-state index is 12.7. The molecule has 382 valence electrons. The molecule has 0 amide bonds. The Morgan fingerprint density at radius 1 is 0.422 bits per heavy atom. The van der Waals surface area contributed by atoms with Gasteiger partial charge in [-0.1, -0.05) is 258 Å². The van der Waals surface area contributed by atoms with Crippen LogP contribution in [0.1, 0.15) is 284 Å². The van der Waals surface area contributed by atoms with Gasteiger partial charge >= 0.3 is 19.8 Å². The molecule has 0 aromatic heterocycles. The van der Waals surface area contributed by atoms with Gasteiger partial charge in [0.2, 0.25) is 0 Å². The second-order valence-corrected chi connectivity index (χ2v) is 21.8. The predicted octanol–water partition coefficient (Wildman–Crippen LogP) is 16.7. The lowest BCUT2D eigenvalue weighted by molar-refractivity contribution is -0.870. The van der Waals surface area contributed by atoms with E-state index in [9.17, 15) is 19.0 Å². The highest BCUT2D eigenvalue weighted by Gasteiger charge is 2.27. The van der Waals surface area contributed by atoms with E-state index in [1.54, 1.807) is 0 Å². The Kier molecular flexibility index (Phi) is 46.4. The third kappa shape index (κ3) is 50.4. The summed E-state index contributed by atoms with van der Waals surface area (Å²) in [4.78, 5) is 35.3. The van der Waals surface area contributed by atoms with Gasteiger partial charge in [0.05, 0.1) is 27.7 Å². The average Bonchev–Trinajstić information content (AvgIpc) is 3.25. The zero-order valence-electron chi connectivity index (χ0n) is 43.3. The molecule has 0 bridgehead atoms. The maximum absolute atomic E-state index is 12.7. The summed E-state index contributed by atoms with van der Waals surface area (Å²) in [7, 11) is 1.49. The van der Waals surface area contributed by atoms with Crippen molar-refractivity contribution in [3.05, 3.63) is 0 Å². The van der Waals surface area contributed by atoms with Crippen LogP contribution in [-0.4, -0.2) is 74.9 Å². The lowest BCUT2D eigenvalue weighted by atomic mass is 10.0. The van der Waals surface area contributed by atoms with E-state index in [0.717, 1.165) is 38.5 Å². The Morgan fingerprint density at radius 2 is 0.703 bits per heavy atom. The van der Waals surface area contributed by atoms with Crippen LogP contribution in [-0.2, 0) is 32.7 Å². The molecule has 0 aliphatic heterocycles. The van der Waals surface area contributed by atoms with Crippen LogP contribution < -0.4 is 0 Å². The van der Waals surface area contributed by atoms with Crippen LogP contribution in [0.4, 0.5) is 0 Å². The maximum Gasteiger partial charge on any atom is 0.472 e. The number of hydrogen-bond acceptors (Lipinski definition) is 7. The van der Waals surface area contributed by atoms with Gasteiger partial charge in [-0.2, -0.15) is 0 Å². The fraction of sp³-hybridized carbons (Fsp3) is 0.963. The van der Waals surface area contributed by atoms with E-state index in [4.69, 9.17) is 18.5 Å². The molecule has 9 nitrogen and oxygen atoms in total. The van der Waals surface area contributed by atoms with Gasteiger partial charge in [0.25, 0.3) is 0 Å². The molecule has 0 aliphatic rings. The molecule has 2 atom stereocenters. The highest BCUT2D eigenvalue weighted by molar-refractivity contribution is 7.47. The quantitative estimate of drug-likeness (QED) is 0.0278. The summed E-state index contributed by atoms with van der Waals surface area (Å²) in [5, 5.41) is 0. The van der Waals surface area contributed by atoms with Crippen molar-refractivity contribution >= 4 is 19.8 Å². The summed E-state index contributed by atoms with van der Waals surface area (Å²) in [6.45, 7) is 4.43. The molecule has 64 heavy (non-hydrogen) atoms. The number of rotatable bonds is 52. The predicted molar refractivity (Wildman–Crippen MR) is 271 cm³/mol. The van der Waals surface area contributed by atoms with Crippen LogP contribution in [0.3, 0.4) is 0 Å². The summed E-state index contributed by atoms with van der Waals surface area (Å²) in [6.07, 6.45) is 52.3. The summed E-state index contributed by atoms with van der Waals surface area (Å²) in [5.74, 6) is -0.788. The number of carbonyl (C=O) groups excluding carboxylic acids is 2.